The number of ketones is 1. The van der Waals surface area contributed by atoms with E-state index in [1.54, 1.807) is 18.2 Å². The molecule has 12 heteroatoms. The van der Waals surface area contributed by atoms with E-state index in [0.29, 0.717) is 15.6 Å². The first-order chi connectivity index (χ1) is 16.2. The van der Waals surface area contributed by atoms with Crippen molar-refractivity contribution >= 4 is 81.3 Å². The van der Waals surface area contributed by atoms with Gasteiger partial charge in [0, 0.05) is 40.7 Å². The molecule has 3 atom stereocenters. The van der Waals surface area contributed by atoms with Gasteiger partial charge >= 0.3 is 0 Å². The number of hydrogen-bond donors (Lipinski definition) is 1. The minimum Gasteiger partial charge on any atom is -0.338 e. The number of nitrogens with zero attached hydrogens (tertiary/aromatic N) is 1. The van der Waals surface area contributed by atoms with Crippen molar-refractivity contribution in [2.75, 3.05) is 18.9 Å². The lowest BCUT2D eigenvalue weighted by Gasteiger charge is -2.17. The second-order valence-electron chi connectivity index (χ2n) is 8.65. The second-order valence-corrected chi connectivity index (χ2v) is 11.4. The molecule has 2 saturated carbocycles. The van der Waals surface area contributed by atoms with E-state index >= 15 is 0 Å². The van der Waals surface area contributed by atoms with E-state index in [4.69, 9.17) is 58.0 Å². The zero-order valence-electron chi connectivity index (χ0n) is 17.9. The molecule has 186 valence electrons. The number of alkyl halides is 4. The lowest BCUT2D eigenvalue weighted by Crippen LogP contribution is -2.34. The van der Waals surface area contributed by atoms with Crippen LogP contribution in [-0.4, -0.2) is 46.3 Å². The molecular formula is C23H17Cl5F2N2O3. The van der Waals surface area contributed by atoms with Crippen LogP contribution in [0.2, 0.25) is 15.1 Å². The van der Waals surface area contributed by atoms with E-state index in [9.17, 15) is 23.2 Å². The average molecular weight is 585 g/mol. The number of benzene rings is 2. The van der Waals surface area contributed by atoms with Gasteiger partial charge in [-0.05, 0) is 42.0 Å². The number of nitrogens with one attached hydrogen (secondary N) is 1. The Kier molecular flexibility index (Phi) is 7.05. The minimum absolute atomic E-state index is 0.0173. The zero-order chi connectivity index (χ0) is 25.9. The Balaban J connectivity index is 1.45. The molecule has 1 N–H and O–H groups in total. The molecule has 2 amide bonds. The Morgan fingerprint density at radius 3 is 2.23 bits per heavy atom. The van der Waals surface area contributed by atoms with Crippen molar-refractivity contribution < 1.29 is 23.2 Å². The van der Waals surface area contributed by atoms with Gasteiger partial charge in [0.2, 0.25) is 11.8 Å². The summed E-state index contributed by atoms with van der Waals surface area (Å²) in [6.07, 6.45) is -0.529. The maximum absolute atomic E-state index is 13.2. The Bertz CT molecular complexity index is 1220. The SMILES string of the molecule is CN(CC(=O)c1cc(NC(=O)C2C(c3cc(Cl)cc(Cl)c3)C2(Cl)Cl)ccc1Cl)C(=O)C1CC1(F)F. The highest BCUT2D eigenvalue weighted by molar-refractivity contribution is 6.53. The molecule has 3 unspecified atom stereocenters. The van der Waals surface area contributed by atoms with E-state index in [0.717, 1.165) is 4.90 Å². The molecule has 2 aliphatic carbocycles. The van der Waals surface area contributed by atoms with Crippen molar-refractivity contribution in [1.82, 2.24) is 4.90 Å². The van der Waals surface area contributed by atoms with E-state index < -0.39 is 58.6 Å². The predicted molar refractivity (Wildman–Crippen MR) is 132 cm³/mol. The topological polar surface area (TPSA) is 66.5 Å². The Labute approximate surface area is 224 Å². The van der Waals surface area contributed by atoms with E-state index in [1.165, 1.54) is 25.2 Å². The first-order valence-electron chi connectivity index (χ1n) is 10.3. The molecule has 0 spiro atoms. The Morgan fingerprint density at radius 2 is 1.66 bits per heavy atom. The van der Waals surface area contributed by atoms with Gasteiger partial charge in [-0.1, -0.05) is 34.8 Å². The fourth-order valence-corrected chi connectivity index (χ4v) is 5.58. The van der Waals surface area contributed by atoms with Crippen LogP contribution in [0.25, 0.3) is 0 Å². The van der Waals surface area contributed by atoms with Gasteiger partial charge in [-0.3, -0.25) is 14.4 Å². The number of hydrogen-bond acceptors (Lipinski definition) is 3. The van der Waals surface area contributed by atoms with Crippen LogP contribution in [0.1, 0.15) is 28.3 Å². The normalized spacial score (nSPS) is 23.4. The lowest BCUT2D eigenvalue weighted by molar-refractivity contribution is -0.133. The summed E-state index contributed by atoms with van der Waals surface area (Å²) in [4.78, 5) is 38.7. The van der Waals surface area contributed by atoms with Gasteiger partial charge in [-0.2, -0.15) is 0 Å². The fraction of sp³-hybridized carbons (Fsp3) is 0.348. The molecule has 0 bridgehead atoms. The summed E-state index contributed by atoms with van der Waals surface area (Å²) in [7, 11) is 1.27. The molecule has 4 rings (SSSR count). The first kappa shape index (κ1) is 26.4. The van der Waals surface area contributed by atoms with Gasteiger partial charge in [-0.15, -0.1) is 23.2 Å². The predicted octanol–water partition coefficient (Wildman–Crippen LogP) is 6.47. The first-order valence-corrected chi connectivity index (χ1v) is 12.2. The summed E-state index contributed by atoms with van der Waals surface area (Å²) in [5.41, 5.74) is 0.863. The van der Waals surface area contributed by atoms with Crippen LogP contribution in [0.5, 0.6) is 0 Å². The number of Topliss-reactive ketones (excluding diaryl/α,β-unsaturated/α-hetero) is 1. The van der Waals surface area contributed by atoms with Crippen molar-refractivity contribution in [2.24, 2.45) is 11.8 Å². The summed E-state index contributed by atoms with van der Waals surface area (Å²) >= 11 is 31.0. The monoisotopic (exact) mass is 582 g/mol. The highest BCUT2D eigenvalue weighted by atomic mass is 35.5. The molecule has 2 fully saturated rings. The van der Waals surface area contributed by atoms with Crippen LogP contribution in [0.15, 0.2) is 36.4 Å². The molecule has 0 radical (unpaired) electrons. The van der Waals surface area contributed by atoms with Crippen molar-refractivity contribution in [3.63, 3.8) is 0 Å². The van der Waals surface area contributed by atoms with E-state index in [-0.39, 0.29) is 16.3 Å². The summed E-state index contributed by atoms with van der Waals surface area (Å²) in [5.74, 6) is -7.71. The average Bonchev–Trinajstić information content (AvgIpc) is 3.57. The van der Waals surface area contributed by atoms with E-state index in [1.807, 2.05) is 0 Å². The van der Waals surface area contributed by atoms with Crippen LogP contribution in [0.3, 0.4) is 0 Å². The molecule has 0 saturated heterocycles. The number of carbonyl (C=O) groups excluding carboxylic acids is 3. The van der Waals surface area contributed by atoms with Crippen LogP contribution in [-0.2, 0) is 9.59 Å². The van der Waals surface area contributed by atoms with Gasteiger partial charge in [-0.25, -0.2) is 8.78 Å². The third-order valence-electron chi connectivity index (χ3n) is 6.00. The molecule has 2 aliphatic rings. The van der Waals surface area contributed by atoms with Crippen LogP contribution in [0.4, 0.5) is 14.5 Å². The lowest BCUT2D eigenvalue weighted by atomic mass is 10.1. The summed E-state index contributed by atoms with van der Waals surface area (Å²) < 4.78 is 25.0. The van der Waals surface area contributed by atoms with Crippen molar-refractivity contribution in [3.05, 3.63) is 62.6 Å². The molecule has 35 heavy (non-hydrogen) atoms. The smallest absolute Gasteiger partial charge is 0.260 e. The molecule has 0 heterocycles. The Hall–Kier alpha value is -1.64. The number of carbonyl (C=O) groups is 3. The standard InChI is InChI=1S/C23H17Cl5F2N2O3/c1-32(21(35)15-8-22(15,29)30)9-17(33)14-7-13(2-3-16(14)26)31-20(34)19-18(23(19,27)28)10-4-11(24)6-12(25)5-10/h2-7,15,18-19H,8-9H2,1H3,(H,31,34). The largest absolute Gasteiger partial charge is 0.338 e. The minimum atomic E-state index is -3.03. The zero-order valence-corrected chi connectivity index (χ0v) is 21.7. The molecule has 0 aromatic heterocycles. The summed E-state index contributed by atoms with van der Waals surface area (Å²) in [6, 6.07) is 9.01. The third kappa shape index (κ3) is 5.39. The van der Waals surface area contributed by atoms with Crippen LogP contribution >= 0.6 is 58.0 Å². The summed E-state index contributed by atoms with van der Waals surface area (Å²) in [6.45, 7) is -0.449. The van der Waals surface area contributed by atoms with Crippen molar-refractivity contribution in [1.29, 1.82) is 0 Å². The maximum Gasteiger partial charge on any atom is 0.260 e. The molecule has 5 nitrogen and oxygen atoms in total. The number of likely N-dealkylation sites (N-methyl/N-ethyl adjacent to an activating group) is 1. The molecule has 2 aromatic rings. The van der Waals surface area contributed by atoms with Gasteiger partial charge in [0.25, 0.3) is 5.92 Å². The Morgan fingerprint density at radius 1 is 1.06 bits per heavy atom. The number of anilines is 1. The third-order valence-corrected chi connectivity index (χ3v) is 7.70. The highest BCUT2D eigenvalue weighted by Gasteiger charge is 2.67. The molecular weight excluding hydrogens is 568 g/mol. The van der Waals surface area contributed by atoms with E-state index in [2.05, 4.69) is 5.32 Å². The van der Waals surface area contributed by atoms with Crippen molar-refractivity contribution in [3.8, 4) is 0 Å². The number of amides is 2. The van der Waals surface area contributed by atoms with Crippen LogP contribution in [0, 0.1) is 11.8 Å². The number of halogens is 7. The molecule has 0 aliphatic heterocycles. The quantitative estimate of drug-likeness (QED) is 0.300. The maximum atomic E-state index is 13.2. The fourth-order valence-electron chi connectivity index (χ4n) is 3.98. The summed E-state index contributed by atoms with van der Waals surface area (Å²) in [5, 5.41) is 3.48. The van der Waals surface area contributed by atoms with Gasteiger partial charge in [0.05, 0.1) is 17.5 Å². The van der Waals surface area contributed by atoms with Gasteiger partial charge in [0.1, 0.15) is 10.3 Å². The molecule has 2 aromatic carbocycles. The number of rotatable bonds is 7. The van der Waals surface area contributed by atoms with Gasteiger partial charge in [0.15, 0.2) is 5.78 Å². The van der Waals surface area contributed by atoms with Gasteiger partial charge < -0.3 is 10.2 Å². The van der Waals surface area contributed by atoms with Crippen LogP contribution < -0.4 is 5.32 Å². The van der Waals surface area contributed by atoms with Crippen molar-refractivity contribution in [2.45, 2.75) is 22.6 Å². The second kappa shape index (κ2) is 9.34. The highest BCUT2D eigenvalue weighted by Crippen LogP contribution is 2.65.